The van der Waals surface area contributed by atoms with Gasteiger partial charge in [-0.1, -0.05) is 35.9 Å². The van der Waals surface area contributed by atoms with Gasteiger partial charge in [0.2, 0.25) is 5.78 Å². The van der Waals surface area contributed by atoms with Crippen LogP contribution < -0.4 is 9.29 Å². The normalized spacial score (nSPS) is 13.9. The highest BCUT2D eigenvalue weighted by atomic mass is 35.5. The average molecular weight is 454 g/mol. The van der Waals surface area contributed by atoms with E-state index in [1.807, 2.05) is 13.8 Å². The molecule has 0 atom stereocenters. The molecule has 2 aromatic carbocycles. The number of Topliss-reactive ketones (excluding diaryl/α,β-unsaturated/α-hetero) is 2. The van der Waals surface area contributed by atoms with Crippen molar-refractivity contribution < 1.29 is 22.6 Å². The van der Waals surface area contributed by atoms with Crippen LogP contribution in [-0.2, 0) is 10.0 Å². The number of carbonyl (C=O) groups is 2. The lowest BCUT2D eigenvalue weighted by Crippen LogP contribution is -2.44. The molecule has 8 heteroatoms. The lowest BCUT2D eigenvalue weighted by atomic mass is 9.90. The van der Waals surface area contributed by atoms with Gasteiger partial charge in [-0.25, -0.2) is 8.42 Å². The maximum absolute atomic E-state index is 13.4. The molecule has 1 aliphatic rings. The summed E-state index contributed by atoms with van der Waals surface area (Å²) < 4.78 is 29.9. The maximum atomic E-state index is 13.4. The summed E-state index contributed by atoms with van der Waals surface area (Å²) in [5, 5.41) is 0.377. The van der Waals surface area contributed by atoms with Crippen LogP contribution in [0.15, 0.2) is 77.6 Å². The first-order valence-corrected chi connectivity index (χ1v) is 11.2. The van der Waals surface area contributed by atoms with Gasteiger partial charge in [0.25, 0.3) is 21.5 Å². The highest BCUT2D eigenvalue weighted by Gasteiger charge is 2.40. The lowest BCUT2D eigenvalue weighted by Gasteiger charge is -2.18. The van der Waals surface area contributed by atoms with Crippen LogP contribution in [0.5, 0.6) is 0 Å². The summed E-state index contributed by atoms with van der Waals surface area (Å²) in [5.41, 5.74) is 1.90. The Bertz CT molecular complexity index is 1380. The summed E-state index contributed by atoms with van der Waals surface area (Å²) in [6.45, 7) is 3.79. The van der Waals surface area contributed by atoms with E-state index in [9.17, 15) is 18.0 Å². The van der Waals surface area contributed by atoms with Gasteiger partial charge in [-0.2, -0.15) is 4.57 Å². The van der Waals surface area contributed by atoms with Gasteiger partial charge in [0.15, 0.2) is 18.1 Å². The summed E-state index contributed by atoms with van der Waals surface area (Å²) in [6.07, 6.45) is 3.33. The Hall–Kier alpha value is -3.29. The molecule has 0 spiro atoms. The number of aromatic nitrogens is 1. The topological polar surface area (TPSA) is 84.2 Å². The van der Waals surface area contributed by atoms with Crippen LogP contribution in [-0.4, -0.2) is 20.0 Å². The second-order valence-corrected chi connectivity index (χ2v) is 9.32. The Morgan fingerprint density at radius 3 is 2.06 bits per heavy atom. The summed E-state index contributed by atoms with van der Waals surface area (Å²) >= 11 is 5.86. The van der Waals surface area contributed by atoms with E-state index in [2.05, 4.69) is 4.72 Å². The van der Waals surface area contributed by atoms with E-state index in [0.717, 1.165) is 11.1 Å². The third-order valence-electron chi connectivity index (χ3n) is 5.15. The van der Waals surface area contributed by atoms with Gasteiger partial charge in [-0.05, 0) is 43.7 Å². The van der Waals surface area contributed by atoms with E-state index in [0.29, 0.717) is 5.02 Å². The van der Waals surface area contributed by atoms with Crippen molar-refractivity contribution in [2.24, 2.45) is 0 Å². The number of ketones is 2. The summed E-state index contributed by atoms with van der Waals surface area (Å²) in [4.78, 5) is 26.6. The number of aryl methyl sites for hydroxylation is 2. The van der Waals surface area contributed by atoms with Gasteiger partial charge in [0.1, 0.15) is 0 Å². The van der Waals surface area contributed by atoms with Gasteiger partial charge in [-0.15, -0.1) is 0 Å². The van der Waals surface area contributed by atoms with E-state index >= 15 is 0 Å². The fourth-order valence-electron chi connectivity index (χ4n) is 3.33. The zero-order valence-corrected chi connectivity index (χ0v) is 18.3. The standard InChI is InChI=1S/C23H17ClN2O4S/c1-14-11-12-26(13-15(14)2)21-20(22(27)18-5-3-4-6-19(18)23(21)28)25-31(29,30)17-9-7-16(24)8-10-17/h3-13H,1-2H3/p+1. The molecule has 1 aliphatic carbocycles. The molecule has 0 aliphatic heterocycles. The first kappa shape index (κ1) is 21.0. The number of nitrogens with zero attached hydrogens (tertiary/aromatic N) is 1. The molecule has 0 radical (unpaired) electrons. The van der Waals surface area contributed by atoms with Gasteiger partial charge in [0.05, 0.1) is 4.90 Å². The summed E-state index contributed by atoms with van der Waals surface area (Å²) in [5.74, 6) is -1.02. The van der Waals surface area contributed by atoms with E-state index in [1.165, 1.54) is 34.9 Å². The minimum Gasteiger partial charge on any atom is -0.287 e. The molecule has 4 rings (SSSR count). The van der Waals surface area contributed by atoms with E-state index in [4.69, 9.17) is 11.6 Å². The molecule has 0 unspecified atom stereocenters. The number of benzene rings is 2. The minimum absolute atomic E-state index is 0.0515. The third-order valence-corrected chi connectivity index (χ3v) is 6.77. The van der Waals surface area contributed by atoms with Crippen molar-refractivity contribution in [3.63, 3.8) is 0 Å². The van der Waals surface area contributed by atoms with E-state index in [1.54, 1.807) is 36.7 Å². The van der Waals surface area contributed by atoms with Crippen molar-refractivity contribution in [1.29, 1.82) is 0 Å². The number of sulfonamides is 1. The van der Waals surface area contributed by atoms with Crippen molar-refractivity contribution in [2.75, 3.05) is 0 Å². The van der Waals surface area contributed by atoms with Crippen LogP contribution in [0.4, 0.5) is 0 Å². The SMILES string of the molecule is Cc1cc[n+](C2=C(NS(=O)(=O)c3ccc(Cl)cc3)C(=O)c3ccccc3C2=O)cc1C. The number of hydrogen-bond donors (Lipinski definition) is 1. The molecule has 1 aromatic heterocycles. The van der Waals surface area contributed by atoms with Gasteiger partial charge in [0, 0.05) is 27.8 Å². The largest absolute Gasteiger partial charge is 0.287 e. The van der Waals surface area contributed by atoms with Crippen LogP contribution in [0, 0.1) is 13.8 Å². The quantitative estimate of drug-likeness (QED) is 0.613. The van der Waals surface area contributed by atoms with Crippen LogP contribution in [0.2, 0.25) is 5.02 Å². The Balaban J connectivity index is 1.92. The van der Waals surface area contributed by atoms with Crippen LogP contribution in [0.3, 0.4) is 0 Å². The molecular formula is C23H18ClN2O4S+. The Kier molecular flexibility index (Phi) is 5.24. The molecule has 1 heterocycles. The van der Waals surface area contributed by atoms with Crippen LogP contribution >= 0.6 is 11.6 Å². The van der Waals surface area contributed by atoms with Crippen molar-refractivity contribution in [3.05, 3.63) is 100.0 Å². The molecule has 6 nitrogen and oxygen atoms in total. The van der Waals surface area contributed by atoms with Gasteiger partial charge in [-0.3, -0.25) is 14.3 Å². The molecular weight excluding hydrogens is 436 g/mol. The highest BCUT2D eigenvalue weighted by molar-refractivity contribution is 7.89. The Morgan fingerprint density at radius 2 is 1.45 bits per heavy atom. The molecule has 0 saturated carbocycles. The predicted octanol–water partition coefficient (Wildman–Crippen LogP) is 3.47. The number of rotatable bonds is 4. The molecule has 31 heavy (non-hydrogen) atoms. The third kappa shape index (κ3) is 3.78. The van der Waals surface area contributed by atoms with Crippen LogP contribution in [0.1, 0.15) is 31.8 Å². The van der Waals surface area contributed by atoms with E-state index in [-0.39, 0.29) is 27.4 Å². The number of pyridine rings is 1. The first-order chi connectivity index (χ1) is 14.7. The smallest absolute Gasteiger partial charge is 0.287 e. The molecule has 0 fully saturated rings. The molecule has 0 amide bonds. The fraction of sp³-hybridized carbons (Fsp3) is 0.0870. The zero-order valence-electron chi connectivity index (χ0n) is 16.7. The van der Waals surface area contributed by atoms with Crippen molar-refractivity contribution in [2.45, 2.75) is 18.7 Å². The van der Waals surface area contributed by atoms with Crippen molar-refractivity contribution in [3.8, 4) is 0 Å². The molecule has 3 aromatic rings. The Morgan fingerprint density at radius 1 is 0.839 bits per heavy atom. The van der Waals surface area contributed by atoms with Gasteiger partial charge < -0.3 is 0 Å². The fourth-order valence-corrected chi connectivity index (χ4v) is 4.52. The van der Waals surface area contributed by atoms with Crippen LogP contribution in [0.25, 0.3) is 5.70 Å². The minimum atomic E-state index is -4.15. The van der Waals surface area contributed by atoms with Crippen molar-refractivity contribution >= 4 is 38.9 Å². The number of nitrogens with one attached hydrogen (secondary N) is 1. The molecule has 0 bridgehead atoms. The highest BCUT2D eigenvalue weighted by Crippen LogP contribution is 2.27. The number of fused-ring (bicyclic) bond motifs is 1. The first-order valence-electron chi connectivity index (χ1n) is 9.39. The van der Waals surface area contributed by atoms with Crippen molar-refractivity contribution in [1.82, 2.24) is 4.72 Å². The maximum Gasteiger partial charge on any atom is 0.287 e. The monoisotopic (exact) mass is 453 g/mol. The number of carbonyl (C=O) groups excluding carboxylic acids is 2. The molecule has 1 N–H and O–H groups in total. The number of allylic oxidation sites excluding steroid dienone is 2. The lowest BCUT2D eigenvalue weighted by molar-refractivity contribution is -0.577. The summed E-state index contributed by atoms with van der Waals surface area (Å²) in [7, 11) is -4.15. The summed E-state index contributed by atoms with van der Waals surface area (Å²) in [6, 6.07) is 13.7. The molecule has 0 saturated heterocycles. The Labute approximate surface area is 184 Å². The predicted molar refractivity (Wildman–Crippen MR) is 116 cm³/mol. The van der Waals surface area contributed by atoms with E-state index < -0.39 is 21.6 Å². The molecule has 156 valence electrons. The number of hydrogen-bond acceptors (Lipinski definition) is 4. The number of halogens is 1. The second-order valence-electron chi connectivity index (χ2n) is 7.20. The van der Waals surface area contributed by atoms with Gasteiger partial charge >= 0.3 is 0 Å². The second kappa shape index (κ2) is 7.76. The average Bonchev–Trinajstić information content (AvgIpc) is 2.74. The zero-order chi connectivity index (χ0) is 22.3.